The third-order valence-electron chi connectivity index (χ3n) is 1.50. The molecule has 4 nitrogen and oxygen atoms in total. The molecule has 1 unspecified atom stereocenters. The molecule has 13 heavy (non-hydrogen) atoms. The number of rotatable bonds is 4. The van der Waals surface area contributed by atoms with Crippen LogP contribution in [0.4, 0.5) is 5.82 Å². The van der Waals surface area contributed by atoms with E-state index in [1.807, 2.05) is 0 Å². The lowest BCUT2D eigenvalue weighted by Crippen LogP contribution is -2.02. The third kappa shape index (κ3) is 3.02. The van der Waals surface area contributed by atoms with Gasteiger partial charge in [0.15, 0.2) is 0 Å². The highest BCUT2D eigenvalue weighted by Crippen LogP contribution is 2.05. The second-order valence-electron chi connectivity index (χ2n) is 2.60. The molecule has 0 amide bonds. The number of hydrogen-bond acceptors (Lipinski definition) is 4. The van der Waals surface area contributed by atoms with Gasteiger partial charge in [0.1, 0.15) is 10.8 Å². The molecule has 1 aromatic heterocycles. The SMILES string of the molecule is CCCNc1cccc([SH](=N)=O)n1. The molecule has 72 valence electrons. The van der Waals surface area contributed by atoms with Crippen molar-refractivity contribution in [2.45, 2.75) is 18.4 Å². The van der Waals surface area contributed by atoms with Gasteiger partial charge in [0.05, 0.1) is 10.6 Å². The minimum Gasteiger partial charge on any atom is -0.370 e. The van der Waals surface area contributed by atoms with Crippen molar-refractivity contribution >= 4 is 16.4 Å². The van der Waals surface area contributed by atoms with Crippen LogP contribution in [0, 0.1) is 4.78 Å². The Bertz CT molecular complexity index is 341. The fourth-order valence-corrected chi connectivity index (χ4v) is 1.31. The summed E-state index contributed by atoms with van der Waals surface area (Å²) in [6.45, 7) is 2.90. The molecular weight excluding hydrogens is 186 g/mol. The summed E-state index contributed by atoms with van der Waals surface area (Å²) < 4.78 is 17.8. The molecule has 0 bridgehead atoms. The summed E-state index contributed by atoms with van der Waals surface area (Å²) in [5.41, 5.74) is 0. The van der Waals surface area contributed by atoms with Gasteiger partial charge in [0.2, 0.25) is 0 Å². The molecule has 1 aromatic rings. The Hall–Kier alpha value is -1.10. The van der Waals surface area contributed by atoms with Gasteiger partial charge in [-0.05, 0) is 18.6 Å². The molecule has 2 N–H and O–H groups in total. The van der Waals surface area contributed by atoms with E-state index in [0.29, 0.717) is 10.8 Å². The normalized spacial score (nSPS) is 12.4. The molecule has 0 radical (unpaired) electrons. The molecule has 0 aliphatic carbocycles. The first-order valence-corrected chi connectivity index (χ1v) is 5.39. The van der Waals surface area contributed by atoms with E-state index < -0.39 is 10.6 Å². The van der Waals surface area contributed by atoms with Crippen molar-refractivity contribution in [3.05, 3.63) is 18.2 Å². The summed E-state index contributed by atoms with van der Waals surface area (Å²) in [4.78, 5) is 4.03. The van der Waals surface area contributed by atoms with Gasteiger partial charge in [-0.15, -0.1) is 0 Å². The Morgan fingerprint density at radius 2 is 2.38 bits per heavy atom. The van der Waals surface area contributed by atoms with Gasteiger partial charge in [0.25, 0.3) is 0 Å². The predicted octanol–water partition coefficient (Wildman–Crippen LogP) is 1.51. The zero-order chi connectivity index (χ0) is 9.68. The number of thiol groups is 1. The van der Waals surface area contributed by atoms with Gasteiger partial charge in [-0.2, -0.15) is 0 Å². The quantitative estimate of drug-likeness (QED) is 0.644. The van der Waals surface area contributed by atoms with Gasteiger partial charge < -0.3 is 5.32 Å². The van der Waals surface area contributed by atoms with Crippen molar-refractivity contribution in [2.75, 3.05) is 11.9 Å². The lowest BCUT2D eigenvalue weighted by atomic mass is 10.4. The number of aromatic nitrogens is 1. The van der Waals surface area contributed by atoms with Crippen LogP contribution in [0.1, 0.15) is 13.3 Å². The summed E-state index contributed by atoms with van der Waals surface area (Å²) in [5, 5.41) is 3.40. The van der Waals surface area contributed by atoms with Crippen LogP contribution in [-0.4, -0.2) is 15.7 Å². The molecule has 0 aliphatic rings. The summed E-state index contributed by atoms with van der Waals surface area (Å²) in [7, 11) is -2.08. The Balaban J connectivity index is 2.79. The van der Waals surface area contributed by atoms with Gasteiger partial charge in [-0.1, -0.05) is 13.0 Å². The summed E-state index contributed by atoms with van der Waals surface area (Å²) in [6, 6.07) is 5.16. The number of nitrogens with zero attached hydrogens (tertiary/aromatic N) is 1. The molecule has 5 heteroatoms. The molecular formula is C8H13N3OS. The van der Waals surface area contributed by atoms with Crippen molar-refractivity contribution in [1.82, 2.24) is 4.98 Å². The molecule has 1 rings (SSSR count). The first-order valence-electron chi connectivity index (χ1n) is 4.13. The van der Waals surface area contributed by atoms with Crippen molar-refractivity contribution in [3.8, 4) is 0 Å². The third-order valence-corrected chi connectivity index (χ3v) is 2.16. The van der Waals surface area contributed by atoms with Gasteiger partial charge in [-0.25, -0.2) is 14.0 Å². The van der Waals surface area contributed by atoms with Gasteiger partial charge in [0, 0.05) is 6.54 Å². The van der Waals surface area contributed by atoms with E-state index in [0.717, 1.165) is 13.0 Å². The Morgan fingerprint density at radius 1 is 1.62 bits per heavy atom. The molecule has 0 spiro atoms. The highest BCUT2D eigenvalue weighted by atomic mass is 32.2. The smallest absolute Gasteiger partial charge is 0.135 e. The predicted molar refractivity (Wildman–Crippen MR) is 53.5 cm³/mol. The van der Waals surface area contributed by atoms with Gasteiger partial charge >= 0.3 is 0 Å². The molecule has 0 aliphatic heterocycles. The molecule has 1 atom stereocenters. The Morgan fingerprint density at radius 3 is 3.00 bits per heavy atom. The maximum absolute atomic E-state index is 10.8. The molecule has 0 saturated heterocycles. The number of anilines is 1. The van der Waals surface area contributed by atoms with Crippen LogP contribution in [0.2, 0.25) is 0 Å². The van der Waals surface area contributed by atoms with E-state index in [2.05, 4.69) is 17.2 Å². The van der Waals surface area contributed by atoms with E-state index in [4.69, 9.17) is 4.78 Å². The largest absolute Gasteiger partial charge is 0.370 e. The van der Waals surface area contributed by atoms with E-state index in [9.17, 15) is 4.21 Å². The molecule has 0 aromatic carbocycles. The van der Waals surface area contributed by atoms with Crippen molar-refractivity contribution in [1.29, 1.82) is 4.78 Å². The topological polar surface area (TPSA) is 65.8 Å². The Labute approximate surface area is 79.4 Å². The molecule has 0 saturated carbocycles. The second kappa shape index (κ2) is 4.81. The summed E-state index contributed by atoms with van der Waals surface area (Å²) >= 11 is 0. The van der Waals surface area contributed by atoms with Crippen molar-refractivity contribution < 1.29 is 4.21 Å². The molecule has 0 fully saturated rings. The summed E-state index contributed by atoms with van der Waals surface area (Å²) in [6.07, 6.45) is 1.01. The first-order chi connectivity index (χ1) is 6.24. The highest BCUT2D eigenvalue weighted by Gasteiger charge is 1.95. The highest BCUT2D eigenvalue weighted by molar-refractivity contribution is 7.73. The lowest BCUT2D eigenvalue weighted by Gasteiger charge is -2.03. The first kappa shape index (κ1) is 9.98. The zero-order valence-electron chi connectivity index (χ0n) is 7.45. The van der Waals surface area contributed by atoms with Gasteiger partial charge in [-0.3, -0.25) is 0 Å². The standard InChI is InChI=1S/C8H13N3OS/c1-2-6-10-7-4-3-5-8(11-7)13(9)12/h3-5,9,13H,2,6H2,1H3,(H,10,11). The molecule has 1 heterocycles. The Kier molecular flexibility index (Phi) is 3.70. The van der Waals surface area contributed by atoms with Crippen LogP contribution in [0.5, 0.6) is 0 Å². The van der Waals surface area contributed by atoms with Crippen LogP contribution in [-0.2, 0) is 10.6 Å². The maximum atomic E-state index is 10.8. The fraction of sp³-hybridized carbons (Fsp3) is 0.375. The minimum absolute atomic E-state index is 0.330. The summed E-state index contributed by atoms with van der Waals surface area (Å²) in [5.74, 6) is 0.690. The monoisotopic (exact) mass is 199 g/mol. The maximum Gasteiger partial charge on any atom is 0.135 e. The second-order valence-corrected chi connectivity index (χ2v) is 3.65. The van der Waals surface area contributed by atoms with Crippen LogP contribution in [0.25, 0.3) is 0 Å². The number of nitrogens with one attached hydrogen (secondary N) is 2. The fourth-order valence-electron chi connectivity index (χ4n) is 0.888. The van der Waals surface area contributed by atoms with Crippen LogP contribution >= 0.6 is 0 Å². The number of hydrogen-bond donors (Lipinski definition) is 3. The van der Waals surface area contributed by atoms with E-state index in [1.54, 1.807) is 18.2 Å². The number of pyridine rings is 1. The van der Waals surface area contributed by atoms with E-state index >= 15 is 0 Å². The average Bonchev–Trinajstić information content (AvgIpc) is 2.15. The van der Waals surface area contributed by atoms with E-state index in [-0.39, 0.29) is 0 Å². The average molecular weight is 199 g/mol. The van der Waals surface area contributed by atoms with Crippen LogP contribution in [0.15, 0.2) is 23.2 Å². The van der Waals surface area contributed by atoms with Crippen LogP contribution in [0.3, 0.4) is 0 Å². The van der Waals surface area contributed by atoms with E-state index in [1.165, 1.54) is 0 Å². The van der Waals surface area contributed by atoms with Crippen molar-refractivity contribution in [3.63, 3.8) is 0 Å². The van der Waals surface area contributed by atoms with Crippen molar-refractivity contribution in [2.24, 2.45) is 0 Å². The minimum atomic E-state index is -2.08. The zero-order valence-corrected chi connectivity index (χ0v) is 8.34. The lowest BCUT2D eigenvalue weighted by molar-refractivity contribution is 0.684. The van der Waals surface area contributed by atoms with Crippen LogP contribution < -0.4 is 5.32 Å².